The number of methoxy groups -OCH3 is 2. The summed E-state index contributed by atoms with van der Waals surface area (Å²) in [7, 11) is 2.98. The molecule has 7 rings (SSSR count). The third-order valence-electron chi connectivity index (χ3n) is 12.1. The summed E-state index contributed by atoms with van der Waals surface area (Å²) in [5.74, 6) is -0.0775. The number of nitrogens with two attached hydrogens (primary N) is 1. The number of hydrogen-bond donors (Lipinski definition) is 4. The van der Waals surface area contributed by atoms with Crippen molar-refractivity contribution in [3.63, 3.8) is 0 Å². The van der Waals surface area contributed by atoms with Gasteiger partial charge in [0, 0.05) is 36.4 Å². The van der Waals surface area contributed by atoms with Crippen molar-refractivity contribution < 1.29 is 52.8 Å². The van der Waals surface area contributed by atoms with E-state index >= 15 is 0 Å². The first-order valence-electron chi connectivity index (χ1n) is 22.4. The molecule has 0 fully saturated rings. The van der Waals surface area contributed by atoms with E-state index in [0.29, 0.717) is 59.9 Å². The summed E-state index contributed by atoms with van der Waals surface area (Å²) < 4.78 is 29.3. The first-order chi connectivity index (χ1) is 32.1. The third-order valence-corrected chi connectivity index (χ3v) is 12.1. The summed E-state index contributed by atoms with van der Waals surface area (Å²) in [5, 5.41) is 17.2. The Morgan fingerprint density at radius 3 is 2.07 bits per heavy atom. The zero-order valence-electron chi connectivity index (χ0n) is 38.9. The largest absolute Gasteiger partial charge is 0.493 e. The van der Waals surface area contributed by atoms with E-state index in [1.54, 1.807) is 60.6 Å². The number of aliphatic hydroxyl groups excluding tert-OH is 1. The monoisotopic (exact) mass is 921 g/mol. The number of fused-ring (bicyclic) bond motifs is 4. The van der Waals surface area contributed by atoms with Crippen LogP contribution in [0.5, 0.6) is 23.0 Å². The Labute approximate surface area is 389 Å². The van der Waals surface area contributed by atoms with E-state index in [1.165, 1.54) is 31.3 Å². The van der Waals surface area contributed by atoms with Crippen molar-refractivity contribution in [2.75, 3.05) is 37.7 Å². The lowest BCUT2D eigenvalue weighted by molar-refractivity contribution is -0.127. The second-order valence-electron chi connectivity index (χ2n) is 17.5. The van der Waals surface area contributed by atoms with Crippen molar-refractivity contribution in [3.8, 4) is 23.0 Å². The van der Waals surface area contributed by atoms with E-state index in [1.807, 2.05) is 33.9 Å². The topological polar surface area (TPSA) is 224 Å². The van der Waals surface area contributed by atoms with Crippen molar-refractivity contribution in [2.45, 2.75) is 104 Å². The average molecular weight is 922 g/mol. The number of rotatable bonds is 17. The Morgan fingerprint density at radius 1 is 0.806 bits per heavy atom. The molecule has 18 heteroatoms. The van der Waals surface area contributed by atoms with Gasteiger partial charge >= 0.3 is 6.09 Å². The minimum atomic E-state index is -1.48. The lowest BCUT2D eigenvalue weighted by Crippen LogP contribution is -2.50. The van der Waals surface area contributed by atoms with Crippen LogP contribution in [0.3, 0.4) is 0 Å². The molecule has 0 spiro atoms. The van der Waals surface area contributed by atoms with Crippen molar-refractivity contribution >= 4 is 53.0 Å². The van der Waals surface area contributed by atoms with E-state index in [4.69, 9.17) is 29.4 Å². The molecule has 356 valence electrons. The van der Waals surface area contributed by atoms with Crippen molar-refractivity contribution in [1.82, 2.24) is 15.1 Å². The molecule has 3 aromatic rings. The van der Waals surface area contributed by atoms with Crippen molar-refractivity contribution in [2.24, 2.45) is 16.6 Å². The number of unbranched alkanes of at least 4 members (excludes halogenated alkanes) is 2. The number of anilines is 2. The number of aliphatic imine (C=N–C) groups is 1. The molecule has 0 aliphatic carbocycles. The van der Waals surface area contributed by atoms with Gasteiger partial charge in [0.25, 0.3) is 11.8 Å². The number of carbonyl (C=O) groups excluding carboxylic acids is 5. The predicted octanol–water partition coefficient (Wildman–Crippen LogP) is 6.19. The van der Waals surface area contributed by atoms with Gasteiger partial charge in [0.1, 0.15) is 12.6 Å². The maximum absolute atomic E-state index is 14.0. The third kappa shape index (κ3) is 10.5. The first-order valence-corrected chi connectivity index (χ1v) is 22.4. The maximum atomic E-state index is 14.0. The van der Waals surface area contributed by atoms with Crippen LogP contribution in [0.25, 0.3) is 0 Å². The molecule has 0 saturated heterocycles. The van der Waals surface area contributed by atoms with Gasteiger partial charge < -0.3 is 55.0 Å². The second-order valence-corrected chi connectivity index (χ2v) is 17.5. The molecule has 0 saturated carbocycles. The number of carbonyl (C=O) groups is 5. The van der Waals surface area contributed by atoms with Crippen LogP contribution in [-0.4, -0.2) is 109 Å². The minimum absolute atomic E-state index is 0.0912. The van der Waals surface area contributed by atoms with Gasteiger partial charge in [-0.3, -0.25) is 24.2 Å². The van der Waals surface area contributed by atoms with E-state index in [-0.39, 0.29) is 53.8 Å². The van der Waals surface area contributed by atoms with Gasteiger partial charge in [-0.05, 0) is 88.6 Å². The molecule has 0 unspecified atom stereocenters. The summed E-state index contributed by atoms with van der Waals surface area (Å²) in [6.45, 7) is 9.46. The van der Waals surface area contributed by atoms with Crippen LogP contribution in [0.15, 0.2) is 77.1 Å². The molecule has 4 aliphatic rings. The fourth-order valence-electron chi connectivity index (χ4n) is 8.25. The number of nitrogens with one attached hydrogen (secondary N) is 2. The van der Waals surface area contributed by atoms with Crippen LogP contribution in [0.4, 0.5) is 21.9 Å². The summed E-state index contributed by atoms with van der Waals surface area (Å²) in [5.41, 5.74) is 10.1. The fraction of sp³-hybridized carbons (Fsp3) is 0.429. The smallest absolute Gasteiger partial charge is 0.416 e. The van der Waals surface area contributed by atoms with Gasteiger partial charge in [-0.2, -0.15) is 0 Å². The highest BCUT2D eigenvalue weighted by atomic mass is 16.6. The number of aliphatic hydroxyl groups is 1. The molecule has 0 radical (unpaired) electrons. The Hall–Kier alpha value is -6.92. The van der Waals surface area contributed by atoms with Crippen LogP contribution >= 0.6 is 0 Å². The summed E-state index contributed by atoms with van der Waals surface area (Å²) in [4.78, 5) is 75.4. The molecule has 5 N–H and O–H groups in total. The number of nitrogens with zero attached hydrogens (tertiary/aromatic N) is 4. The Morgan fingerprint density at radius 2 is 1.42 bits per heavy atom. The maximum Gasteiger partial charge on any atom is 0.416 e. The highest BCUT2D eigenvalue weighted by Gasteiger charge is 2.45. The molecule has 5 amide bonds. The van der Waals surface area contributed by atoms with Gasteiger partial charge in [0.15, 0.2) is 29.2 Å². The summed E-state index contributed by atoms with van der Waals surface area (Å²) in [6.07, 6.45) is 6.03. The standard InChI is InChI=1S/C49H59N7O11/c1-27(2)43(50)45(58)52-30(5)44(57)53-32-13-11-31(12-14-32)26-67-49(62)56-37-22-42(40(64-7)20-35(37)47(60)55-25-29(4)18-38(55)48(56)61)66-16-10-8-9-15-65-41-21-36-34(19-39(41)63-6)46(59)54-24-28(3)17-33(54)23-51-36/h11-14,19-25,27,30,33,38,43,48,61H,8-10,15-18,26,50H2,1-7H3,(H,52,58)(H,53,57)/t30-,33-,38-,43-,48-/m0/s1. The Balaban J connectivity index is 0.975. The van der Waals surface area contributed by atoms with Crippen LogP contribution in [0.1, 0.15) is 93.0 Å². The normalized spacial score (nSPS) is 19.2. The lowest BCUT2D eigenvalue weighted by Gasteiger charge is -2.31. The molecule has 3 aromatic carbocycles. The van der Waals surface area contributed by atoms with Crippen LogP contribution in [-0.2, 0) is 20.9 Å². The molecule has 5 atom stereocenters. The molecular weight excluding hydrogens is 863 g/mol. The lowest BCUT2D eigenvalue weighted by atomic mass is 10.0. The van der Waals surface area contributed by atoms with E-state index in [2.05, 4.69) is 15.6 Å². The van der Waals surface area contributed by atoms with Gasteiger partial charge in [0.05, 0.1) is 68.1 Å². The van der Waals surface area contributed by atoms with Crippen molar-refractivity contribution in [1.29, 1.82) is 0 Å². The van der Waals surface area contributed by atoms with Crippen LogP contribution in [0, 0.1) is 5.92 Å². The zero-order valence-corrected chi connectivity index (χ0v) is 38.9. The van der Waals surface area contributed by atoms with Crippen LogP contribution < -0.4 is 40.2 Å². The molecule has 4 aliphatic heterocycles. The molecule has 0 bridgehead atoms. The molecule has 4 heterocycles. The fourth-order valence-corrected chi connectivity index (χ4v) is 8.25. The predicted molar refractivity (Wildman–Crippen MR) is 250 cm³/mol. The molecular formula is C49H59N7O11. The molecule has 67 heavy (non-hydrogen) atoms. The SMILES string of the molecule is COc1cc2c(cc1OCCCCCOc1cc3c(cc1OC)C(=O)N1C=C(C)C[C@H]1[C@H](O)N3C(=O)OCc1ccc(NC(=O)[C@H](C)NC(=O)[C@@H](N)C(C)C)cc1)N=C[C@@H]1CC(C)=CN1C2=O. The minimum Gasteiger partial charge on any atom is -0.493 e. The Kier molecular flexibility index (Phi) is 14.9. The summed E-state index contributed by atoms with van der Waals surface area (Å²) >= 11 is 0. The van der Waals surface area contributed by atoms with Gasteiger partial charge in [-0.25, -0.2) is 9.69 Å². The zero-order chi connectivity index (χ0) is 48.1. The highest BCUT2D eigenvalue weighted by Crippen LogP contribution is 2.43. The van der Waals surface area contributed by atoms with E-state index in [0.717, 1.165) is 28.9 Å². The first kappa shape index (κ1) is 48.0. The number of benzene rings is 3. The quantitative estimate of drug-likeness (QED) is 0.111. The number of hydrogen-bond acceptors (Lipinski definition) is 13. The molecule has 18 nitrogen and oxygen atoms in total. The van der Waals surface area contributed by atoms with Gasteiger partial charge in [-0.15, -0.1) is 0 Å². The number of ether oxygens (including phenoxy) is 5. The average Bonchev–Trinajstić information content (AvgIpc) is 3.85. The van der Waals surface area contributed by atoms with Gasteiger partial charge in [-0.1, -0.05) is 37.1 Å². The Bertz CT molecular complexity index is 2490. The van der Waals surface area contributed by atoms with Crippen LogP contribution in [0.2, 0.25) is 0 Å². The second kappa shape index (κ2) is 20.7. The highest BCUT2D eigenvalue weighted by molar-refractivity contribution is 6.07. The number of amides is 5. The van der Waals surface area contributed by atoms with Crippen molar-refractivity contribution in [3.05, 3.63) is 88.8 Å². The van der Waals surface area contributed by atoms with E-state index in [9.17, 15) is 29.1 Å². The van der Waals surface area contributed by atoms with E-state index < -0.39 is 48.2 Å². The summed E-state index contributed by atoms with van der Waals surface area (Å²) in [6, 6.07) is 10.5. The molecule has 0 aromatic heterocycles. The van der Waals surface area contributed by atoms with Gasteiger partial charge in [0.2, 0.25) is 11.8 Å².